The summed E-state index contributed by atoms with van der Waals surface area (Å²) in [5.74, 6) is 0.784. The van der Waals surface area contributed by atoms with Gasteiger partial charge in [0.1, 0.15) is 11.4 Å². The molecule has 0 spiro atoms. The van der Waals surface area contributed by atoms with Gasteiger partial charge >= 0.3 is 6.09 Å². The zero-order valence-electron chi connectivity index (χ0n) is 17.1. The molecule has 1 fully saturated rings. The van der Waals surface area contributed by atoms with Crippen LogP contribution in [-0.2, 0) is 9.53 Å². The highest BCUT2D eigenvalue weighted by Gasteiger charge is 2.30. The molecule has 6 nitrogen and oxygen atoms in total. The monoisotopic (exact) mass is 376 g/mol. The minimum Gasteiger partial charge on any atom is -0.497 e. The second-order valence-electron chi connectivity index (χ2n) is 7.98. The average molecular weight is 376 g/mol. The van der Waals surface area contributed by atoms with Crippen molar-refractivity contribution in [2.24, 2.45) is 5.92 Å². The van der Waals surface area contributed by atoms with E-state index in [2.05, 4.69) is 12.2 Å². The van der Waals surface area contributed by atoms with E-state index in [1.165, 1.54) is 0 Å². The third-order valence-electron chi connectivity index (χ3n) is 4.76. The van der Waals surface area contributed by atoms with Crippen molar-refractivity contribution in [3.05, 3.63) is 29.8 Å². The van der Waals surface area contributed by atoms with Crippen LogP contribution in [0.15, 0.2) is 24.3 Å². The number of methoxy groups -OCH3 is 1. The SMILES string of the molecule is CCC(NC(=O)C1CCN(C(=O)OC(C)(C)C)CC1)c1ccc(OC)cc1. The lowest BCUT2D eigenvalue weighted by molar-refractivity contribution is -0.127. The van der Waals surface area contributed by atoms with E-state index in [-0.39, 0.29) is 24.0 Å². The predicted molar refractivity (Wildman–Crippen MR) is 105 cm³/mol. The summed E-state index contributed by atoms with van der Waals surface area (Å²) >= 11 is 0. The van der Waals surface area contributed by atoms with Gasteiger partial charge in [-0.1, -0.05) is 19.1 Å². The third kappa shape index (κ3) is 6.15. The van der Waals surface area contributed by atoms with Gasteiger partial charge in [0.15, 0.2) is 0 Å². The lowest BCUT2D eigenvalue weighted by Crippen LogP contribution is -2.45. The van der Waals surface area contributed by atoms with Crippen LogP contribution in [-0.4, -0.2) is 42.7 Å². The number of ether oxygens (including phenoxy) is 2. The van der Waals surface area contributed by atoms with Crippen LogP contribution in [0.5, 0.6) is 5.75 Å². The lowest BCUT2D eigenvalue weighted by Gasteiger charge is -2.33. The van der Waals surface area contributed by atoms with Crippen LogP contribution in [0.1, 0.15) is 58.6 Å². The maximum atomic E-state index is 12.7. The van der Waals surface area contributed by atoms with Crippen LogP contribution in [0, 0.1) is 5.92 Å². The molecule has 1 heterocycles. The molecule has 1 unspecified atom stereocenters. The molecule has 1 N–H and O–H groups in total. The summed E-state index contributed by atoms with van der Waals surface area (Å²) in [6.07, 6.45) is 1.83. The topological polar surface area (TPSA) is 67.9 Å². The van der Waals surface area contributed by atoms with Crippen LogP contribution in [0.4, 0.5) is 4.79 Å². The first-order valence-corrected chi connectivity index (χ1v) is 9.65. The Kier molecular flexibility index (Phi) is 7.11. The number of carbonyl (C=O) groups is 2. The van der Waals surface area contributed by atoms with Crippen molar-refractivity contribution in [3.63, 3.8) is 0 Å². The van der Waals surface area contributed by atoms with Crippen LogP contribution in [0.25, 0.3) is 0 Å². The number of rotatable bonds is 5. The van der Waals surface area contributed by atoms with Crippen molar-refractivity contribution in [2.75, 3.05) is 20.2 Å². The molecule has 1 aliphatic rings. The first-order chi connectivity index (χ1) is 12.7. The van der Waals surface area contributed by atoms with E-state index in [1.807, 2.05) is 45.0 Å². The molecule has 2 amide bonds. The molecule has 6 heteroatoms. The van der Waals surface area contributed by atoms with Gasteiger partial charge in [-0.25, -0.2) is 4.79 Å². The summed E-state index contributed by atoms with van der Waals surface area (Å²) in [4.78, 5) is 26.5. The second kappa shape index (κ2) is 9.11. The van der Waals surface area contributed by atoms with Crippen LogP contribution in [0.3, 0.4) is 0 Å². The van der Waals surface area contributed by atoms with Gasteiger partial charge < -0.3 is 19.7 Å². The Morgan fingerprint density at radius 1 is 1.19 bits per heavy atom. The van der Waals surface area contributed by atoms with E-state index in [9.17, 15) is 9.59 Å². The van der Waals surface area contributed by atoms with Crippen molar-refractivity contribution < 1.29 is 19.1 Å². The van der Waals surface area contributed by atoms with Gasteiger partial charge in [0.2, 0.25) is 5.91 Å². The van der Waals surface area contributed by atoms with Gasteiger partial charge in [0, 0.05) is 19.0 Å². The maximum absolute atomic E-state index is 12.7. The molecule has 1 aliphatic heterocycles. The minimum absolute atomic E-state index is 0.0210. The Morgan fingerprint density at radius 2 is 1.78 bits per heavy atom. The summed E-state index contributed by atoms with van der Waals surface area (Å²) in [5.41, 5.74) is 0.565. The van der Waals surface area contributed by atoms with Crippen molar-refractivity contribution in [1.82, 2.24) is 10.2 Å². The molecule has 1 aromatic carbocycles. The Bertz CT molecular complexity index is 629. The molecular formula is C21H32N2O4. The molecule has 0 aliphatic carbocycles. The largest absolute Gasteiger partial charge is 0.497 e. The van der Waals surface area contributed by atoms with Crippen LogP contribution >= 0.6 is 0 Å². The number of nitrogens with one attached hydrogen (secondary N) is 1. The van der Waals surface area contributed by atoms with E-state index in [0.717, 1.165) is 17.7 Å². The third-order valence-corrected chi connectivity index (χ3v) is 4.76. The van der Waals surface area contributed by atoms with Gasteiger partial charge in [-0.05, 0) is 57.7 Å². The van der Waals surface area contributed by atoms with Crippen molar-refractivity contribution in [1.29, 1.82) is 0 Å². The Balaban J connectivity index is 1.88. The molecule has 27 heavy (non-hydrogen) atoms. The Labute approximate surface area is 162 Å². The number of likely N-dealkylation sites (tertiary alicyclic amines) is 1. The molecule has 0 aromatic heterocycles. The number of nitrogens with zero attached hydrogens (tertiary/aromatic N) is 1. The summed E-state index contributed by atoms with van der Waals surface area (Å²) in [6.45, 7) is 8.72. The zero-order valence-corrected chi connectivity index (χ0v) is 17.1. The van der Waals surface area contributed by atoms with Crippen LogP contribution < -0.4 is 10.1 Å². The van der Waals surface area contributed by atoms with E-state index in [0.29, 0.717) is 25.9 Å². The molecular weight excluding hydrogens is 344 g/mol. The highest BCUT2D eigenvalue weighted by molar-refractivity contribution is 5.79. The Hall–Kier alpha value is -2.24. The maximum Gasteiger partial charge on any atom is 0.410 e. The highest BCUT2D eigenvalue weighted by Crippen LogP contribution is 2.24. The van der Waals surface area contributed by atoms with Crippen molar-refractivity contribution in [2.45, 2.75) is 58.6 Å². The zero-order chi connectivity index (χ0) is 20.0. The standard InChI is InChI=1S/C21H32N2O4/c1-6-18(15-7-9-17(26-5)10-8-15)22-19(24)16-11-13-23(14-12-16)20(25)27-21(2,3)4/h7-10,16,18H,6,11-14H2,1-5H3,(H,22,24). The molecule has 1 saturated heterocycles. The molecule has 1 atom stereocenters. The van der Waals surface area contributed by atoms with Gasteiger partial charge in [-0.2, -0.15) is 0 Å². The van der Waals surface area contributed by atoms with E-state index < -0.39 is 5.60 Å². The van der Waals surface area contributed by atoms with Gasteiger partial charge in [-0.3, -0.25) is 4.79 Å². The molecule has 2 rings (SSSR count). The number of piperidine rings is 1. The minimum atomic E-state index is -0.502. The quantitative estimate of drug-likeness (QED) is 0.846. The Morgan fingerprint density at radius 3 is 2.26 bits per heavy atom. The summed E-state index contributed by atoms with van der Waals surface area (Å²) in [5, 5.41) is 3.16. The molecule has 0 saturated carbocycles. The smallest absolute Gasteiger partial charge is 0.410 e. The summed E-state index contributed by atoms with van der Waals surface area (Å²) < 4.78 is 10.6. The average Bonchev–Trinajstić information content (AvgIpc) is 2.65. The van der Waals surface area contributed by atoms with Crippen molar-refractivity contribution in [3.8, 4) is 5.75 Å². The fourth-order valence-corrected chi connectivity index (χ4v) is 3.20. The molecule has 0 bridgehead atoms. The fraction of sp³-hybridized carbons (Fsp3) is 0.619. The number of benzene rings is 1. The number of carbonyl (C=O) groups excluding carboxylic acids is 2. The first-order valence-electron chi connectivity index (χ1n) is 9.65. The van der Waals surface area contributed by atoms with E-state index in [1.54, 1.807) is 12.0 Å². The predicted octanol–water partition coefficient (Wildman–Crippen LogP) is 3.91. The van der Waals surface area contributed by atoms with E-state index >= 15 is 0 Å². The van der Waals surface area contributed by atoms with E-state index in [4.69, 9.17) is 9.47 Å². The number of hydrogen-bond donors (Lipinski definition) is 1. The normalized spacial score (nSPS) is 16.6. The van der Waals surface area contributed by atoms with Crippen molar-refractivity contribution >= 4 is 12.0 Å². The summed E-state index contributed by atoms with van der Waals surface area (Å²) in [7, 11) is 1.64. The molecule has 150 valence electrons. The highest BCUT2D eigenvalue weighted by atomic mass is 16.6. The van der Waals surface area contributed by atoms with Gasteiger partial charge in [0.05, 0.1) is 13.2 Å². The second-order valence-corrected chi connectivity index (χ2v) is 7.98. The van der Waals surface area contributed by atoms with Gasteiger partial charge in [0.25, 0.3) is 0 Å². The number of amides is 2. The van der Waals surface area contributed by atoms with Gasteiger partial charge in [-0.15, -0.1) is 0 Å². The van der Waals surface area contributed by atoms with Crippen LogP contribution in [0.2, 0.25) is 0 Å². The first kappa shape index (κ1) is 21.1. The fourth-order valence-electron chi connectivity index (χ4n) is 3.20. The lowest BCUT2D eigenvalue weighted by atomic mass is 9.95. The number of hydrogen-bond acceptors (Lipinski definition) is 4. The molecule has 1 aromatic rings. The summed E-state index contributed by atoms with van der Waals surface area (Å²) in [6, 6.07) is 7.76. The molecule has 0 radical (unpaired) electrons.